The summed E-state index contributed by atoms with van der Waals surface area (Å²) in [6, 6.07) is 10.8. The molecule has 0 saturated heterocycles. The third-order valence-electron chi connectivity index (χ3n) is 5.57. The molecule has 0 saturated carbocycles. The molecule has 146 valence electrons. The molecule has 26 heavy (non-hydrogen) atoms. The third-order valence-corrected chi connectivity index (χ3v) is 5.57. The van der Waals surface area contributed by atoms with Crippen LogP contribution >= 0.6 is 0 Å². The van der Waals surface area contributed by atoms with Crippen LogP contribution in [0.5, 0.6) is 0 Å². The normalized spacial score (nSPS) is 12.0. The zero-order chi connectivity index (χ0) is 18.9. The van der Waals surface area contributed by atoms with Crippen LogP contribution in [-0.2, 0) is 0 Å². The van der Waals surface area contributed by atoms with Gasteiger partial charge in [0, 0.05) is 0 Å². The van der Waals surface area contributed by atoms with Gasteiger partial charge in [-0.1, -0.05) is 121 Å². The van der Waals surface area contributed by atoms with Crippen LogP contribution in [0.1, 0.15) is 120 Å². The SMILES string of the molecule is CCCCCCCCCCCCCCCCC(C#N)c1ccccc1C. The van der Waals surface area contributed by atoms with Gasteiger partial charge in [0.15, 0.2) is 0 Å². The van der Waals surface area contributed by atoms with Gasteiger partial charge in [-0.25, -0.2) is 0 Å². The monoisotopic (exact) mass is 355 g/mol. The largest absolute Gasteiger partial charge is 0.198 e. The minimum Gasteiger partial charge on any atom is -0.198 e. The standard InChI is InChI=1S/C25H41N/c1-3-4-5-6-7-8-9-10-11-12-13-14-15-16-20-24(22-26)25-21-18-17-19-23(25)2/h17-19,21,24H,3-16,20H2,1-2H3. The van der Waals surface area contributed by atoms with Gasteiger partial charge in [0.25, 0.3) is 0 Å². The maximum Gasteiger partial charge on any atom is 0.0715 e. The van der Waals surface area contributed by atoms with Gasteiger partial charge in [-0.3, -0.25) is 0 Å². The Morgan fingerprint density at radius 3 is 1.65 bits per heavy atom. The first-order valence-corrected chi connectivity index (χ1v) is 11.2. The predicted octanol–water partition coefficient (Wildman–Crippen LogP) is 8.47. The Bertz CT molecular complexity index is 485. The van der Waals surface area contributed by atoms with Gasteiger partial charge in [0.1, 0.15) is 0 Å². The van der Waals surface area contributed by atoms with E-state index in [9.17, 15) is 5.26 Å². The Hall–Kier alpha value is -1.29. The summed E-state index contributed by atoms with van der Waals surface area (Å²) in [5.74, 6) is 0.0773. The summed E-state index contributed by atoms with van der Waals surface area (Å²) in [6.45, 7) is 4.40. The fourth-order valence-corrected chi connectivity index (χ4v) is 3.81. The zero-order valence-corrected chi connectivity index (χ0v) is 17.4. The Balaban J connectivity index is 1.93. The molecular weight excluding hydrogens is 314 g/mol. The van der Waals surface area contributed by atoms with Crippen LogP contribution in [-0.4, -0.2) is 0 Å². The van der Waals surface area contributed by atoms with E-state index < -0.39 is 0 Å². The Kier molecular flexibility index (Phi) is 13.9. The highest BCUT2D eigenvalue weighted by Crippen LogP contribution is 2.25. The molecule has 1 nitrogen and oxygen atoms in total. The molecule has 0 aliphatic carbocycles. The molecule has 0 N–H and O–H groups in total. The molecule has 0 bridgehead atoms. The van der Waals surface area contributed by atoms with Crippen molar-refractivity contribution in [1.82, 2.24) is 0 Å². The summed E-state index contributed by atoms with van der Waals surface area (Å²) < 4.78 is 0. The van der Waals surface area contributed by atoms with Gasteiger partial charge >= 0.3 is 0 Å². The molecule has 1 atom stereocenters. The first-order chi connectivity index (χ1) is 12.8. The highest BCUT2D eigenvalue weighted by Gasteiger charge is 2.11. The van der Waals surface area contributed by atoms with Crippen LogP contribution in [0.3, 0.4) is 0 Å². The minimum absolute atomic E-state index is 0.0773. The van der Waals surface area contributed by atoms with E-state index >= 15 is 0 Å². The average Bonchev–Trinajstić information content (AvgIpc) is 2.66. The fraction of sp³-hybridized carbons (Fsp3) is 0.720. The van der Waals surface area contributed by atoms with E-state index in [2.05, 4.69) is 44.2 Å². The summed E-state index contributed by atoms with van der Waals surface area (Å²) in [5, 5.41) is 9.46. The molecule has 0 amide bonds. The van der Waals surface area contributed by atoms with E-state index in [4.69, 9.17) is 0 Å². The van der Waals surface area contributed by atoms with Crippen molar-refractivity contribution in [1.29, 1.82) is 5.26 Å². The molecular formula is C25H41N. The lowest BCUT2D eigenvalue weighted by atomic mass is 9.91. The second-order valence-corrected chi connectivity index (χ2v) is 7.92. The molecule has 0 radical (unpaired) electrons. The highest BCUT2D eigenvalue weighted by atomic mass is 14.3. The number of aryl methyl sites for hydroxylation is 1. The number of benzene rings is 1. The maximum atomic E-state index is 9.46. The lowest BCUT2D eigenvalue weighted by Crippen LogP contribution is -1.98. The molecule has 0 aliphatic heterocycles. The van der Waals surface area contributed by atoms with E-state index in [0.717, 1.165) is 6.42 Å². The molecule has 0 aromatic heterocycles. The minimum atomic E-state index is 0.0773. The first kappa shape index (κ1) is 22.8. The maximum absolute atomic E-state index is 9.46. The Labute approximate surface area is 163 Å². The summed E-state index contributed by atoms with van der Waals surface area (Å²) >= 11 is 0. The molecule has 0 heterocycles. The summed E-state index contributed by atoms with van der Waals surface area (Å²) in [4.78, 5) is 0. The number of unbranched alkanes of at least 4 members (excludes halogenated alkanes) is 13. The number of hydrogen-bond acceptors (Lipinski definition) is 1. The van der Waals surface area contributed by atoms with Crippen molar-refractivity contribution in [2.75, 3.05) is 0 Å². The fourth-order valence-electron chi connectivity index (χ4n) is 3.81. The van der Waals surface area contributed by atoms with Crippen molar-refractivity contribution in [2.45, 2.75) is 116 Å². The molecule has 0 spiro atoms. The van der Waals surface area contributed by atoms with Crippen LogP contribution < -0.4 is 0 Å². The van der Waals surface area contributed by atoms with Gasteiger partial charge < -0.3 is 0 Å². The van der Waals surface area contributed by atoms with Crippen molar-refractivity contribution in [3.05, 3.63) is 35.4 Å². The molecule has 1 aromatic carbocycles. The first-order valence-electron chi connectivity index (χ1n) is 11.2. The molecule has 1 aromatic rings. The van der Waals surface area contributed by atoms with E-state index in [0.29, 0.717) is 0 Å². The molecule has 1 rings (SSSR count). The topological polar surface area (TPSA) is 23.8 Å². The van der Waals surface area contributed by atoms with Crippen LogP contribution in [0.15, 0.2) is 24.3 Å². The molecule has 0 fully saturated rings. The summed E-state index contributed by atoms with van der Waals surface area (Å²) in [5.41, 5.74) is 2.48. The summed E-state index contributed by atoms with van der Waals surface area (Å²) in [7, 11) is 0. The van der Waals surface area contributed by atoms with Gasteiger partial charge in [-0.2, -0.15) is 5.26 Å². The zero-order valence-electron chi connectivity index (χ0n) is 17.4. The quantitative estimate of drug-likeness (QED) is 0.273. The second-order valence-electron chi connectivity index (χ2n) is 7.92. The van der Waals surface area contributed by atoms with Crippen LogP contribution in [0.4, 0.5) is 0 Å². The number of hydrogen-bond donors (Lipinski definition) is 0. The smallest absolute Gasteiger partial charge is 0.0715 e. The Morgan fingerprint density at radius 1 is 0.731 bits per heavy atom. The Morgan fingerprint density at radius 2 is 1.19 bits per heavy atom. The predicted molar refractivity (Wildman–Crippen MR) is 114 cm³/mol. The molecule has 1 unspecified atom stereocenters. The van der Waals surface area contributed by atoms with Crippen molar-refractivity contribution < 1.29 is 0 Å². The van der Waals surface area contributed by atoms with Crippen LogP contribution in [0.2, 0.25) is 0 Å². The van der Waals surface area contributed by atoms with Crippen molar-refractivity contribution >= 4 is 0 Å². The van der Waals surface area contributed by atoms with E-state index in [1.165, 1.54) is 101 Å². The van der Waals surface area contributed by atoms with E-state index in [-0.39, 0.29) is 5.92 Å². The van der Waals surface area contributed by atoms with E-state index in [1.807, 2.05) is 0 Å². The van der Waals surface area contributed by atoms with Crippen molar-refractivity contribution in [3.8, 4) is 6.07 Å². The third kappa shape index (κ3) is 10.6. The van der Waals surface area contributed by atoms with Crippen molar-refractivity contribution in [2.24, 2.45) is 0 Å². The summed E-state index contributed by atoms with van der Waals surface area (Å²) in [6.07, 6.45) is 20.4. The van der Waals surface area contributed by atoms with E-state index in [1.54, 1.807) is 0 Å². The number of nitriles is 1. The number of rotatable bonds is 16. The second kappa shape index (κ2) is 15.9. The number of nitrogens with zero attached hydrogens (tertiary/aromatic N) is 1. The van der Waals surface area contributed by atoms with Gasteiger partial charge in [0.2, 0.25) is 0 Å². The van der Waals surface area contributed by atoms with Crippen molar-refractivity contribution in [3.63, 3.8) is 0 Å². The lowest BCUT2D eigenvalue weighted by Gasteiger charge is -2.12. The molecule has 1 heteroatoms. The lowest BCUT2D eigenvalue weighted by molar-refractivity contribution is 0.529. The highest BCUT2D eigenvalue weighted by molar-refractivity contribution is 5.32. The van der Waals surface area contributed by atoms with Crippen LogP contribution in [0.25, 0.3) is 0 Å². The average molecular weight is 356 g/mol. The van der Waals surface area contributed by atoms with Gasteiger partial charge in [-0.05, 0) is 24.5 Å². The van der Waals surface area contributed by atoms with Crippen LogP contribution in [0, 0.1) is 18.3 Å². The molecule has 0 aliphatic rings. The van der Waals surface area contributed by atoms with Gasteiger partial charge in [0.05, 0.1) is 12.0 Å². The van der Waals surface area contributed by atoms with Gasteiger partial charge in [-0.15, -0.1) is 0 Å².